The number of aromatic nitrogens is 2. The van der Waals surface area contributed by atoms with Gasteiger partial charge in [-0.1, -0.05) is 13.3 Å². The summed E-state index contributed by atoms with van der Waals surface area (Å²) in [6, 6.07) is 2.05. The number of nitrogens with zero attached hydrogens (tertiary/aromatic N) is 2. The quantitative estimate of drug-likeness (QED) is 0.855. The molecule has 0 radical (unpaired) electrons. The standard InChI is InChI=1S/C13H19N3/c1-3-4-7-16-9-11(8-14)12-10(2)5-6-15-13(12)16/h5-6,9H,3-4,7-8,14H2,1-2H3. The topological polar surface area (TPSA) is 43.8 Å². The van der Waals surface area contributed by atoms with Crippen LogP contribution in [0.15, 0.2) is 18.5 Å². The van der Waals surface area contributed by atoms with Crippen LogP contribution in [0.4, 0.5) is 0 Å². The molecule has 0 fully saturated rings. The lowest BCUT2D eigenvalue weighted by Crippen LogP contribution is -1.97. The molecular weight excluding hydrogens is 198 g/mol. The van der Waals surface area contributed by atoms with Crippen LogP contribution in [-0.4, -0.2) is 9.55 Å². The van der Waals surface area contributed by atoms with Gasteiger partial charge in [0.25, 0.3) is 0 Å². The second kappa shape index (κ2) is 4.66. The zero-order valence-corrected chi connectivity index (χ0v) is 10.0. The minimum absolute atomic E-state index is 0.585. The van der Waals surface area contributed by atoms with E-state index >= 15 is 0 Å². The number of nitrogens with two attached hydrogens (primary N) is 1. The van der Waals surface area contributed by atoms with Gasteiger partial charge in [0.15, 0.2) is 0 Å². The Morgan fingerprint density at radius 3 is 2.94 bits per heavy atom. The molecule has 0 amide bonds. The molecule has 86 valence electrons. The zero-order chi connectivity index (χ0) is 11.5. The summed E-state index contributed by atoms with van der Waals surface area (Å²) in [6.07, 6.45) is 6.41. The van der Waals surface area contributed by atoms with Gasteiger partial charge >= 0.3 is 0 Å². The summed E-state index contributed by atoms with van der Waals surface area (Å²) in [5.74, 6) is 0. The number of hydrogen-bond acceptors (Lipinski definition) is 2. The van der Waals surface area contributed by atoms with Crippen molar-refractivity contribution in [2.45, 2.75) is 39.8 Å². The fourth-order valence-corrected chi connectivity index (χ4v) is 2.13. The van der Waals surface area contributed by atoms with E-state index in [4.69, 9.17) is 5.73 Å². The Hall–Kier alpha value is -1.35. The van der Waals surface area contributed by atoms with Gasteiger partial charge in [0.2, 0.25) is 0 Å². The van der Waals surface area contributed by atoms with E-state index in [1.165, 1.54) is 29.4 Å². The lowest BCUT2D eigenvalue weighted by Gasteiger charge is -2.03. The summed E-state index contributed by atoms with van der Waals surface area (Å²) < 4.78 is 2.23. The van der Waals surface area contributed by atoms with Crippen molar-refractivity contribution in [3.8, 4) is 0 Å². The first kappa shape index (κ1) is 11.1. The van der Waals surface area contributed by atoms with Crippen LogP contribution in [0.5, 0.6) is 0 Å². The number of pyridine rings is 1. The van der Waals surface area contributed by atoms with E-state index < -0.39 is 0 Å². The number of hydrogen-bond donors (Lipinski definition) is 1. The summed E-state index contributed by atoms with van der Waals surface area (Å²) in [6.45, 7) is 5.94. The summed E-state index contributed by atoms with van der Waals surface area (Å²) in [4.78, 5) is 4.47. The third-order valence-electron chi connectivity index (χ3n) is 3.02. The number of fused-ring (bicyclic) bond motifs is 1. The minimum atomic E-state index is 0.585. The molecule has 2 aromatic rings. The van der Waals surface area contributed by atoms with Crippen LogP contribution >= 0.6 is 0 Å². The molecule has 0 bridgehead atoms. The van der Waals surface area contributed by atoms with E-state index in [0.717, 1.165) is 12.2 Å². The zero-order valence-electron chi connectivity index (χ0n) is 10.0. The van der Waals surface area contributed by atoms with Crippen LogP contribution < -0.4 is 5.73 Å². The molecule has 2 N–H and O–H groups in total. The number of aryl methyl sites for hydroxylation is 2. The molecule has 16 heavy (non-hydrogen) atoms. The van der Waals surface area contributed by atoms with E-state index in [-0.39, 0.29) is 0 Å². The normalized spacial score (nSPS) is 11.2. The highest BCUT2D eigenvalue weighted by Gasteiger charge is 2.09. The van der Waals surface area contributed by atoms with Crippen LogP contribution in [0.25, 0.3) is 11.0 Å². The van der Waals surface area contributed by atoms with Gasteiger partial charge in [-0.2, -0.15) is 0 Å². The van der Waals surface area contributed by atoms with E-state index in [2.05, 4.69) is 29.6 Å². The van der Waals surface area contributed by atoms with Crippen molar-refractivity contribution in [3.63, 3.8) is 0 Å². The van der Waals surface area contributed by atoms with E-state index in [0.29, 0.717) is 6.54 Å². The monoisotopic (exact) mass is 217 g/mol. The summed E-state index contributed by atoms with van der Waals surface area (Å²) in [5.41, 5.74) is 9.33. The number of rotatable bonds is 4. The Morgan fingerprint density at radius 2 is 2.25 bits per heavy atom. The van der Waals surface area contributed by atoms with Crippen LogP contribution in [0.2, 0.25) is 0 Å². The maximum Gasteiger partial charge on any atom is 0.140 e. The van der Waals surface area contributed by atoms with Gasteiger partial charge in [-0.15, -0.1) is 0 Å². The third kappa shape index (κ3) is 1.83. The molecule has 3 nitrogen and oxygen atoms in total. The summed E-state index contributed by atoms with van der Waals surface area (Å²) in [7, 11) is 0. The first-order valence-electron chi connectivity index (χ1n) is 5.91. The molecule has 0 aliphatic carbocycles. The molecule has 0 spiro atoms. The van der Waals surface area contributed by atoms with Crippen molar-refractivity contribution in [2.75, 3.05) is 0 Å². The molecule has 2 heterocycles. The largest absolute Gasteiger partial charge is 0.332 e. The average molecular weight is 217 g/mol. The second-order valence-electron chi connectivity index (χ2n) is 4.23. The van der Waals surface area contributed by atoms with Gasteiger partial charge in [0.05, 0.1) is 0 Å². The summed E-state index contributed by atoms with van der Waals surface area (Å²) >= 11 is 0. The van der Waals surface area contributed by atoms with Crippen LogP contribution in [0.3, 0.4) is 0 Å². The predicted molar refractivity (Wildman–Crippen MR) is 67.3 cm³/mol. The molecule has 0 aliphatic rings. The third-order valence-corrected chi connectivity index (χ3v) is 3.02. The highest BCUT2D eigenvalue weighted by atomic mass is 15.0. The second-order valence-corrected chi connectivity index (χ2v) is 4.23. The Bertz CT molecular complexity index is 485. The van der Waals surface area contributed by atoms with Crippen LogP contribution in [0, 0.1) is 6.92 Å². The molecule has 0 aliphatic heterocycles. The highest BCUT2D eigenvalue weighted by Crippen LogP contribution is 2.23. The van der Waals surface area contributed by atoms with Gasteiger partial charge in [0, 0.05) is 30.9 Å². The molecule has 0 unspecified atom stereocenters. The van der Waals surface area contributed by atoms with Gasteiger partial charge in [0.1, 0.15) is 5.65 Å². The van der Waals surface area contributed by atoms with Gasteiger partial charge in [-0.05, 0) is 30.5 Å². The molecule has 0 saturated heterocycles. The first-order chi connectivity index (χ1) is 7.77. The predicted octanol–water partition coefficient (Wildman–Crippen LogP) is 2.60. The molecule has 3 heteroatoms. The van der Waals surface area contributed by atoms with Crippen LogP contribution in [0.1, 0.15) is 30.9 Å². The molecular formula is C13H19N3. The molecule has 0 atom stereocenters. The van der Waals surface area contributed by atoms with Crippen molar-refractivity contribution >= 4 is 11.0 Å². The fourth-order valence-electron chi connectivity index (χ4n) is 2.13. The van der Waals surface area contributed by atoms with Crippen molar-refractivity contribution in [3.05, 3.63) is 29.6 Å². The molecule has 0 aromatic carbocycles. The van der Waals surface area contributed by atoms with Crippen molar-refractivity contribution in [1.29, 1.82) is 0 Å². The Balaban J connectivity index is 2.54. The average Bonchev–Trinajstić information content (AvgIpc) is 2.66. The SMILES string of the molecule is CCCCn1cc(CN)c2c(C)ccnc21. The van der Waals surface area contributed by atoms with Crippen molar-refractivity contribution in [2.24, 2.45) is 5.73 Å². The summed E-state index contributed by atoms with van der Waals surface area (Å²) in [5, 5.41) is 1.24. The van der Waals surface area contributed by atoms with Gasteiger partial charge < -0.3 is 10.3 Å². The lowest BCUT2D eigenvalue weighted by atomic mass is 10.1. The van der Waals surface area contributed by atoms with Gasteiger partial charge in [-0.3, -0.25) is 0 Å². The van der Waals surface area contributed by atoms with Crippen molar-refractivity contribution in [1.82, 2.24) is 9.55 Å². The maximum atomic E-state index is 5.79. The maximum absolute atomic E-state index is 5.79. The fraction of sp³-hybridized carbons (Fsp3) is 0.462. The molecule has 0 saturated carbocycles. The molecule has 2 rings (SSSR count). The Kier molecular flexibility index (Phi) is 3.25. The van der Waals surface area contributed by atoms with Gasteiger partial charge in [-0.25, -0.2) is 4.98 Å². The first-order valence-corrected chi connectivity index (χ1v) is 5.91. The van der Waals surface area contributed by atoms with Crippen LogP contribution in [-0.2, 0) is 13.1 Å². The Morgan fingerprint density at radius 1 is 1.44 bits per heavy atom. The minimum Gasteiger partial charge on any atom is -0.332 e. The highest BCUT2D eigenvalue weighted by molar-refractivity contribution is 5.83. The van der Waals surface area contributed by atoms with E-state index in [9.17, 15) is 0 Å². The van der Waals surface area contributed by atoms with E-state index in [1.807, 2.05) is 12.3 Å². The Labute approximate surface area is 96.3 Å². The molecule has 2 aromatic heterocycles. The van der Waals surface area contributed by atoms with E-state index in [1.54, 1.807) is 0 Å². The number of unbranched alkanes of at least 4 members (excludes halogenated alkanes) is 1. The smallest absolute Gasteiger partial charge is 0.140 e. The van der Waals surface area contributed by atoms with Crippen molar-refractivity contribution < 1.29 is 0 Å². The lowest BCUT2D eigenvalue weighted by molar-refractivity contribution is 0.644.